The number of unbranched alkanes of at least 4 members (excludes halogenated alkanes) is 9. The number of esters is 1. The van der Waals surface area contributed by atoms with Crippen LogP contribution >= 0.6 is 0 Å². The molecule has 0 heterocycles. The van der Waals surface area contributed by atoms with Gasteiger partial charge in [0.15, 0.2) is 0 Å². The molecular formula is C19H36O3. The third kappa shape index (κ3) is 17.2. The summed E-state index contributed by atoms with van der Waals surface area (Å²) < 4.78 is 4.91. The number of hydrogen-bond donors (Lipinski definition) is 1. The van der Waals surface area contributed by atoms with Crippen LogP contribution in [0.1, 0.15) is 90.9 Å². The van der Waals surface area contributed by atoms with E-state index < -0.39 is 6.10 Å². The van der Waals surface area contributed by atoms with Crippen LogP contribution in [-0.4, -0.2) is 23.8 Å². The summed E-state index contributed by atoms with van der Waals surface area (Å²) >= 11 is 0. The van der Waals surface area contributed by atoms with Gasteiger partial charge in [0, 0.05) is 6.42 Å². The van der Waals surface area contributed by atoms with Gasteiger partial charge in [0.05, 0.1) is 6.10 Å². The van der Waals surface area contributed by atoms with Crippen LogP contribution in [-0.2, 0) is 9.53 Å². The normalized spacial score (nSPS) is 12.7. The summed E-state index contributed by atoms with van der Waals surface area (Å²) in [5, 5.41) is 9.00. The molecule has 0 saturated carbocycles. The second kappa shape index (κ2) is 16.5. The highest BCUT2D eigenvalue weighted by Gasteiger charge is 2.04. The highest BCUT2D eigenvalue weighted by molar-refractivity contribution is 5.69. The van der Waals surface area contributed by atoms with Crippen LogP contribution in [0.3, 0.4) is 0 Å². The van der Waals surface area contributed by atoms with Gasteiger partial charge in [-0.15, -0.1) is 0 Å². The molecule has 1 atom stereocenters. The summed E-state index contributed by atoms with van der Waals surface area (Å²) in [4.78, 5) is 11.3. The molecule has 0 rings (SSSR count). The number of aliphatic hydroxyl groups is 1. The van der Waals surface area contributed by atoms with Crippen LogP contribution in [0.4, 0.5) is 0 Å². The Morgan fingerprint density at radius 1 is 0.955 bits per heavy atom. The van der Waals surface area contributed by atoms with Gasteiger partial charge in [-0.2, -0.15) is 0 Å². The summed E-state index contributed by atoms with van der Waals surface area (Å²) in [5.41, 5.74) is 0. The van der Waals surface area contributed by atoms with Gasteiger partial charge in [0.2, 0.25) is 0 Å². The van der Waals surface area contributed by atoms with Gasteiger partial charge in [-0.05, 0) is 39.0 Å². The van der Waals surface area contributed by atoms with Crippen molar-refractivity contribution in [3.8, 4) is 0 Å². The fourth-order valence-corrected chi connectivity index (χ4v) is 2.27. The van der Waals surface area contributed by atoms with Crippen molar-refractivity contribution in [1.29, 1.82) is 0 Å². The number of aliphatic hydroxyl groups excluding tert-OH is 1. The quantitative estimate of drug-likeness (QED) is 0.258. The van der Waals surface area contributed by atoms with E-state index in [1.165, 1.54) is 57.8 Å². The van der Waals surface area contributed by atoms with Crippen molar-refractivity contribution >= 4 is 5.97 Å². The molecule has 130 valence electrons. The maximum absolute atomic E-state index is 11.3. The van der Waals surface area contributed by atoms with Crippen molar-refractivity contribution in [2.75, 3.05) is 6.61 Å². The third-order valence-corrected chi connectivity index (χ3v) is 3.63. The monoisotopic (exact) mass is 312 g/mol. The second-order valence-electron chi connectivity index (χ2n) is 6.16. The summed E-state index contributed by atoms with van der Waals surface area (Å²) in [6, 6.07) is 0. The first-order valence-corrected chi connectivity index (χ1v) is 9.15. The van der Waals surface area contributed by atoms with Crippen molar-refractivity contribution in [3.05, 3.63) is 12.2 Å². The average molecular weight is 312 g/mol. The number of hydrogen-bond acceptors (Lipinski definition) is 3. The lowest BCUT2D eigenvalue weighted by atomic mass is 10.1. The lowest BCUT2D eigenvalue weighted by Gasteiger charge is -2.06. The first-order valence-electron chi connectivity index (χ1n) is 9.15. The molecule has 3 nitrogen and oxygen atoms in total. The zero-order valence-electron chi connectivity index (χ0n) is 14.7. The predicted octanol–water partition coefficient (Wildman–Crippen LogP) is 5.17. The van der Waals surface area contributed by atoms with E-state index in [4.69, 9.17) is 9.84 Å². The Labute approximate surface area is 137 Å². The highest BCUT2D eigenvalue weighted by atomic mass is 16.5. The van der Waals surface area contributed by atoms with Crippen molar-refractivity contribution < 1.29 is 14.6 Å². The molecule has 0 bridgehead atoms. The maximum Gasteiger partial charge on any atom is 0.305 e. The van der Waals surface area contributed by atoms with Crippen LogP contribution in [0.5, 0.6) is 0 Å². The van der Waals surface area contributed by atoms with E-state index >= 15 is 0 Å². The van der Waals surface area contributed by atoms with Gasteiger partial charge in [-0.3, -0.25) is 4.79 Å². The standard InChI is InChI=1S/C19H36O3/c1-3-4-5-6-7-8-9-10-11-12-13-14-15-16-19(21)22-17-18(2)20/h8-9,18,20H,3-7,10-17H2,1-2H3/b9-8-. The molecule has 0 aromatic rings. The van der Waals surface area contributed by atoms with E-state index in [9.17, 15) is 4.79 Å². The van der Waals surface area contributed by atoms with Gasteiger partial charge < -0.3 is 9.84 Å². The first kappa shape index (κ1) is 21.2. The second-order valence-corrected chi connectivity index (χ2v) is 6.16. The van der Waals surface area contributed by atoms with E-state index in [0.29, 0.717) is 6.42 Å². The Hall–Kier alpha value is -0.830. The minimum Gasteiger partial charge on any atom is -0.463 e. The molecule has 0 fully saturated rings. The number of carbonyl (C=O) groups excluding carboxylic acids is 1. The molecular weight excluding hydrogens is 276 g/mol. The highest BCUT2D eigenvalue weighted by Crippen LogP contribution is 2.09. The predicted molar refractivity (Wildman–Crippen MR) is 92.9 cm³/mol. The smallest absolute Gasteiger partial charge is 0.305 e. The van der Waals surface area contributed by atoms with E-state index in [0.717, 1.165) is 12.8 Å². The zero-order valence-corrected chi connectivity index (χ0v) is 14.7. The molecule has 0 aromatic carbocycles. The molecule has 0 aliphatic carbocycles. The lowest BCUT2D eigenvalue weighted by Crippen LogP contribution is -2.14. The van der Waals surface area contributed by atoms with Crippen LogP contribution < -0.4 is 0 Å². The molecule has 0 saturated heterocycles. The van der Waals surface area contributed by atoms with Crippen LogP contribution in [0.25, 0.3) is 0 Å². The molecule has 0 amide bonds. The van der Waals surface area contributed by atoms with Crippen LogP contribution in [0.15, 0.2) is 12.2 Å². The van der Waals surface area contributed by atoms with Crippen molar-refractivity contribution in [2.45, 2.75) is 97.0 Å². The lowest BCUT2D eigenvalue weighted by molar-refractivity contribution is -0.146. The summed E-state index contributed by atoms with van der Waals surface area (Å²) in [5.74, 6) is -0.188. The van der Waals surface area contributed by atoms with E-state index in [1.54, 1.807) is 6.92 Å². The fraction of sp³-hybridized carbons (Fsp3) is 0.842. The van der Waals surface area contributed by atoms with Crippen LogP contribution in [0.2, 0.25) is 0 Å². The third-order valence-electron chi connectivity index (χ3n) is 3.63. The summed E-state index contributed by atoms with van der Waals surface area (Å²) in [6.07, 6.45) is 18.0. The van der Waals surface area contributed by atoms with Gasteiger partial charge >= 0.3 is 5.97 Å². The molecule has 0 aliphatic heterocycles. The summed E-state index contributed by atoms with van der Waals surface area (Å²) in [7, 11) is 0. The minimum absolute atomic E-state index is 0.115. The van der Waals surface area contributed by atoms with Crippen molar-refractivity contribution in [2.24, 2.45) is 0 Å². The number of ether oxygens (including phenoxy) is 1. The Bertz CT molecular complexity index is 272. The Morgan fingerprint density at radius 2 is 1.50 bits per heavy atom. The Balaban J connectivity index is 3.20. The molecule has 3 heteroatoms. The topological polar surface area (TPSA) is 46.5 Å². The van der Waals surface area contributed by atoms with E-state index in [1.807, 2.05) is 0 Å². The summed E-state index contributed by atoms with van der Waals surface area (Å²) in [6.45, 7) is 3.98. The maximum atomic E-state index is 11.3. The molecule has 0 aromatic heterocycles. The number of allylic oxidation sites excluding steroid dienone is 2. The van der Waals surface area contributed by atoms with Gasteiger partial charge in [-0.25, -0.2) is 0 Å². The number of carbonyl (C=O) groups is 1. The SMILES string of the molecule is CCCCCC/C=C\CCCCCCCC(=O)OCC(C)O. The molecule has 22 heavy (non-hydrogen) atoms. The zero-order chi connectivity index (χ0) is 16.5. The van der Waals surface area contributed by atoms with Gasteiger partial charge in [-0.1, -0.05) is 57.6 Å². The van der Waals surface area contributed by atoms with Crippen LogP contribution in [0, 0.1) is 0 Å². The molecule has 0 radical (unpaired) electrons. The van der Waals surface area contributed by atoms with E-state index in [2.05, 4.69) is 19.1 Å². The molecule has 0 spiro atoms. The first-order chi connectivity index (χ1) is 10.7. The van der Waals surface area contributed by atoms with E-state index in [-0.39, 0.29) is 12.6 Å². The molecule has 1 unspecified atom stereocenters. The van der Waals surface area contributed by atoms with Gasteiger partial charge in [0.25, 0.3) is 0 Å². The molecule has 1 N–H and O–H groups in total. The Morgan fingerprint density at radius 3 is 2.09 bits per heavy atom. The minimum atomic E-state index is -0.566. The van der Waals surface area contributed by atoms with Crippen molar-refractivity contribution in [3.63, 3.8) is 0 Å². The fourth-order valence-electron chi connectivity index (χ4n) is 2.27. The largest absolute Gasteiger partial charge is 0.463 e. The average Bonchev–Trinajstić information content (AvgIpc) is 2.49. The number of rotatable bonds is 15. The van der Waals surface area contributed by atoms with Crippen molar-refractivity contribution in [1.82, 2.24) is 0 Å². The Kier molecular flexibility index (Phi) is 15.9. The van der Waals surface area contributed by atoms with Gasteiger partial charge in [0.1, 0.15) is 6.61 Å². The molecule has 0 aliphatic rings.